The first kappa shape index (κ1) is 15.6. The molecule has 0 atom stereocenters. The van der Waals surface area contributed by atoms with Crippen molar-refractivity contribution in [3.8, 4) is 17.0 Å². The van der Waals surface area contributed by atoms with Crippen molar-refractivity contribution >= 4 is 16.7 Å². The Kier molecular flexibility index (Phi) is 3.87. The molecule has 3 heterocycles. The number of rotatable bonds is 3. The van der Waals surface area contributed by atoms with Gasteiger partial charge in [0.1, 0.15) is 11.4 Å². The topological polar surface area (TPSA) is 58.2 Å². The van der Waals surface area contributed by atoms with Crippen LogP contribution >= 0.6 is 0 Å². The van der Waals surface area contributed by atoms with Gasteiger partial charge in [0.15, 0.2) is 5.43 Å². The zero-order valence-corrected chi connectivity index (χ0v) is 13.9. The zero-order chi connectivity index (χ0) is 17.4. The molecule has 3 aromatic rings. The van der Waals surface area contributed by atoms with Crippen molar-refractivity contribution in [2.45, 2.75) is 12.8 Å². The highest BCUT2D eigenvalue weighted by atomic mass is 19.1. The number of pyridine rings is 2. The molecule has 4 rings (SSSR count). The maximum atomic E-state index is 14.5. The van der Waals surface area contributed by atoms with Gasteiger partial charge in [-0.3, -0.25) is 4.79 Å². The second-order valence-corrected chi connectivity index (χ2v) is 6.17. The molecule has 0 amide bonds. The van der Waals surface area contributed by atoms with Gasteiger partial charge in [-0.15, -0.1) is 0 Å². The Hall–Kier alpha value is -2.89. The summed E-state index contributed by atoms with van der Waals surface area (Å²) in [5.74, 6) is 0.134. The quantitative estimate of drug-likeness (QED) is 0.744. The molecule has 6 heteroatoms. The molecule has 5 nitrogen and oxygen atoms in total. The Balaban J connectivity index is 1.84. The van der Waals surface area contributed by atoms with E-state index in [0.717, 1.165) is 31.5 Å². The van der Waals surface area contributed by atoms with E-state index in [1.807, 2.05) is 29.2 Å². The fraction of sp³-hybridized carbons (Fsp3) is 0.263. The van der Waals surface area contributed by atoms with Crippen LogP contribution in [0.3, 0.4) is 0 Å². The van der Waals surface area contributed by atoms with Crippen molar-refractivity contribution in [1.29, 1.82) is 0 Å². The molecule has 0 saturated carbocycles. The molecule has 1 aromatic carbocycles. The monoisotopic (exact) mass is 339 g/mol. The number of aromatic amines is 1. The van der Waals surface area contributed by atoms with Gasteiger partial charge < -0.3 is 14.6 Å². The Morgan fingerprint density at radius 2 is 2.00 bits per heavy atom. The summed E-state index contributed by atoms with van der Waals surface area (Å²) < 4.78 is 19.7. The van der Waals surface area contributed by atoms with E-state index in [4.69, 9.17) is 4.74 Å². The number of methoxy groups -OCH3 is 1. The average molecular weight is 339 g/mol. The fourth-order valence-electron chi connectivity index (χ4n) is 3.26. The molecule has 0 aliphatic carbocycles. The minimum atomic E-state index is -0.548. The van der Waals surface area contributed by atoms with Gasteiger partial charge in [0.05, 0.1) is 23.9 Å². The number of ether oxygens (including phenoxy) is 1. The zero-order valence-electron chi connectivity index (χ0n) is 13.9. The van der Waals surface area contributed by atoms with Gasteiger partial charge >= 0.3 is 0 Å². The van der Waals surface area contributed by atoms with E-state index < -0.39 is 5.95 Å². The van der Waals surface area contributed by atoms with Gasteiger partial charge in [-0.05, 0) is 31.0 Å². The lowest BCUT2D eigenvalue weighted by molar-refractivity contribution is 0.415. The van der Waals surface area contributed by atoms with Crippen LogP contribution < -0.4 is 15.1 Å². The van der Waals surface area contributed by atoms with Crippen LogP contribution in [-0.2, 0) is 0 Å². The van der Waals surface area contributed by atoms with Crippen molar-refractivity contribution < 1.29 is 9.13 Å². The Morgan fingerprint density at radius 1 is 1.20 bits per heavy atom. The minimum absolute atomic E-state index is 0.181. The second kappa shape index (κ2) is 6.20. The average Bonchev–Trinajstić information content (AvgIpc) is 3.15. The molecular weight excluding hydrogens is 321 g/mol. The number of hydrogen-bond acceptors (Lipinski definition) is 4. The van der Waals surface area contributed by atoms with Crippen LogP contribution in [0.4, 0.5) is 10.1 Å². The summed E-state index contributed by atoms with van der Waals surface area (Å²) in [4.78, 5) is 21.6. The van der Waals surface area contributed by atoms with Crippen LogP contribution in [0.1, 0.15) is 12.8 Å². The van der Waals surface area contributed by atoms with Crippen molar-refractivity contribution in [2.75, 3.05) is 25.1 Å². The lowest BCUT2D eigenvalue weighted by Crippen LogP contribution is -2.20. The maximum absolute atomic E-state index is 14.5. The van der Waals surface area contributed by atoms with E-state index in [-0.39, 0.29) is 11.1 Å². The summed E-state index contributed by atoms with van der Waals surface area (Å²) in [6.07, 6.45) is 2.06. The number of fused-ring (bicyclic) bond motifs is 1. The fourth-order valence-corrected chi connectivity index (χ4v) is 3.26. The normalized spacial score (nSPS) is 14.2. The molecule has 0 radical (unpaired) electrons. The molecule has 2 aromatic heterocycles. The van der Waals surface area contributed by atoms with Gasteiger partial charge in [0, 0.05) is 24.7 Å². The minimum Gasteiger partial charge on any atom is -0.497 e. The van der Waals surface area contributed by atoms with Gasteiger partial charge in [-0.1, -0.05) is 12.1 Å². The van der Waals surface area contributed by atoms with Crippen molar-refractivity contribution in [3.05, 3.63) is 52.6 Å². The summed E-state index contributed by atoms with van der Waals surface area (Å²) in [6.45, 7) is 1.59. The first-order valence-electron chi connectivity index (χ1n) is 8.28. The molecule has 1 fully saturated rings. The number of nitrogens with one attached hydrogen (secondary N) is 1. The summed E-state index contributed by atoms with van der Waals surface area (Å²) >= 11 is 0. The maximum Gasteiger partial charge on any atom is 0.238 e. The van der Waals surface area contributed by atoms with Crippen molar-refractivity contribution in [1.82, 2.24) is 9.97 Å². The summed E-state index contributed by atoms with van der Waals surface area (Å²) in [5.41, 5.74) is 1.84. The van der Waals surface area contributed by atoms with Gasteiger partial charge in [-0.2, -0.15) is 9.37 Å². The van der Waals surface area contributed by atoms with E-state index in [1.165, 1.54) is 6.07 Å². The summed E-state index contributed by atoms with van der Waals surface area (Å²) in [7, 11) is 1.58. The SMILES string of the molecule is COc1cccc(-c2cc(=O)c3cc(N4CCCC4)c(F)nc3[nH]2)c1. The molecule has 1 aliphatic rings. The lowest BCUT2D eigenvalue weighted by atomic mass is 10.1. The predicted octanol–water partition coefficient (Wildman–Crippen LogP) is 3.34. The molecule has 25 heavy (non-hydrogen) atoms. The molecule has 0 bridgehead atoms. The Morgan fingerprint density at radius 3 is 2.76 bits per heavy atom. The van der Waals surface area contributed by atoms with E-state index >= 15 is 0 Å². The van der Waals surface area contributed by atoms with Crippen LogP contribution in [0.25, 0.3) is 22.3 Å². The number of nitrogens with zero attached hydrogens (tertiary/aromatic N) is 2. The molecular formula is C19H18FN3O2. The molecule has 1 saturated heterocycles. The van der Waals surface area contributed by atoms with Crippen LogP contribution in [-0.4, -0.2) is 30.2 Å². The van der Waals surface area contributed by atoms with Crippen LogP contribution in [0.15, 0.2) is 41.2 Å². The van der Waals surface area contributed by atoms with Crippen molar-refractivity contribution in [2.24, 2.45) is 0 Å². The lowest BCUT2D eigenvalue weighted by Gasteiger charge is -2.18. The molecule has 0 spiro atoms. The van der Waals surface area contributed by atoms with E-state index in [1.54, 1.807) is 13.2 Å². The third-order valence-corrected chi connectivity index (χ3v) is 4.58. The molecule has 128 valence electrons. The van der Waals surface area contributed by atoms with Crippen molar-refractivity contribution in [3.63, 3.8) is 0 Å². The number of hydrogen-bond donors (Lipinski definition) is 1. The number of aromatic nitrogens is 2. The highest BCUT2D eigenvalue weighted by Crippen LogP contribution is 2.27. The number of anilines is 1. The largest absolute Gasteiger partial charge is 0.497 e. The smallest absolute Gasteiger partial charge is 0.238 e. The Labute approximate surface area is 144 Å². The predicted molar refractivity (Wildman–Crippen MR) is 95.8 cm³/mol. The van der Waals surface area contributed by atoms with E-state index in [2.05, 4.69) is 9.97 Å². The third-order valence-electron chi connectivity index (χ3n) is 4.58. The molecule has 1 aliphatic heterocycles. The molecule has 1 N–H and O–H groups in total. The van der Waals surface area contributed by atoms with Crippen LogP contribution in [0.2, 0.25) is 0 Å². The highest BCUT2D eigenvalue weighted by molar-refractivity contribution is 5.81. The summed E-state index contributed by atoms with van der Waals surface area (Å²) in [6, 6.07) is 10.5. The molecule has 0 unspecified atom stereocenters. The number of benzene rings is 1. The first-order chi connectivity index (χ1) is 12.2. The standard InChI is InChI=1S/C19H18FN3O2/c1-25-13-6-4-5-12(9-13)15-11-17(24)14-10-16(23-7-2-3-8-23)18(20)22-19(14)21-15/h4-6,9-11H,2-3,7-8H2,1H3,(H,21,22,24). The van der Waals surface area contributed by atoms with Crippen LogP contribution in [0.5, 0.6) is 5.75 Å². The Bertz CT molecular complexity index is 994. The number of halogens is 1. The van der Waals surface area contributed by atoms with Gasteiger partial charge in [0.2, 0.25) is 5.95 Å². The third kappa shape index (κ3) is 2.84. The van der Waals surface area contributed by atoms with E-state index in [0.29, 0.717) is 22.5 Å². The van der Waals surface area contributed by atoms with Gasteiger partial charge in [-0.25, -0.2) is 0 Å². The van der Waals surface area contributed by atoms with Crippen LogP contribution in [0, 0.1) is 5.95 Å². The highest BCUT2D eigenvalue weighted by Gasteiger charge is 2.19. The van der Waals surface area contributed by atoms with Gasteiger partial charge in [0.25, 0.3) is 0 Å². The number of H-pyrrole nitrogens is 1. The first-order valence-corrected chi connectivity index (χ1v) is 8.28. The van der Waals surface area contributed by atoms with E-state index in [9.17, 15) is 9.18 Å². The summed E-state index contributed by atoms with van der Waals surface area (Å²) in [5, 5.41) is 0.398. The second-order valence-electron chi connectivity index (χ2n) is 6.17.